The molecule has 1 heterocycles. The Morgan fingerprint density at radius 1 is 1.40 bits per heavy atom. The average molecular weight is 406 g/mol. The highest BCUT2D eigenvalue weighted by atomic mass is 127. The monoisotopic (exact) mass is 406 g/mol. The molecule has 1 aromatic heterocycles. The summed E-state index contributed by atoms with van der Waals surface area (Å²) in [5.74, 6) is -0.459. The maximum Gasteiger partial charge on any atom is 0.293 e. The zero-order chi connectivity index (χ0) is 14.7. The molecular formula is C13H12FIN2O2S. The quantitative estimate of drug-likeness (QED) is 0.450. The number of hydrogen-bond acceptors (Lipinski definition) is 4. The number of nitro groups is 1. The molecule has 0 amide bonds. The predicted molar refractivity (Wildman–Crippen MR) is 86.8 cm³/mol. The van der Waals surface area contributed by atoms with Gasteiger partial charge in [0.25, 0.3) is 5.69 Å². The Kier molecular flexibility index (Phi) is 4.92. The first kappa shape index (κ1) is 15.2. The van der Waals surface area contributed by atoms with Gasteiger partial charge in [-0.3, -0.25) is 10.1 Å². The van der Waals surface area contributed by atoms with Gasteiger partial charge in [0.15, 0.2) is 0 Å². The van der Waals surface area contributed by atoms with Gasteiger partial charge in [-0.05, 0) is 41.1 Å². The summed E-state index contributed by atoms with van der Waals surface area (Å²) in [5, 5.41) is 13.9. The number of halogens is 2. The van der Waals surface area contributed by atoms with Gasteiger partial charge in [-0.25, -0.2) is 4.39 Å². The van der Waals surface area contributed by atoms with E-state index in [1.54, 1.807) is 33.9 Å². The maximum absolute atomic E-state index is 13.5. The second-order valence-electron chi connectivity index (χ2n) is 4.12. The van der Waals surface area contributed by atoms with Crippen LogP contribution in [0.5, 0.6) is 0 Å². The van der Waals surface area contributed by atoms with E-state index in [0.29, 0.717) is 6.54 Å². The van der Waals surface area contributed by atoms with E-state index in [4.69, 9.17) is 0 Å². The zero-order valence-corrected chi connectivity index (χ0v) is 13.6. The lowest BCUT2D eigenvalue weighted by molar-refractivity contribution is -0.384. The molecule has 0 atom stereocenters. The minimum atomic E-state index is -0.504. The SMILES string of the molecule is CCc1ccc(CNc2cc(F)c(I)cc2[N+](=O)[O-])s1. The molecule has 0 saturated carbocycles. The molecule has 0 radical (unpaired) electrons. The topological polar surface area (TPSA) is 55.2 Å². The lowest BCUT2D eigenvalue weighted by atomic mass is 10.2. The summed E-state index contributed by atoms with van der Waals surface area (Å²) in [4.78, 5) is 12.8. The summed E-state index contributed by atoms with van der Waals surface area (Å²) in [5.41, 5.74) is 0.0995. The minimum Gasteiger partial charge on any atom is -0.375 e. The molecule has 4 nitrogen and oxygen atoms in total. The van der Waals surface area contributed by atoms with Crippen LogP contribution in [0.2, 0.25) is 0 Å². The van der Waals surface area contributed by atoms with Crippen molar-refractivity contribution in [3.63, 3.8) is 0 Å². The van der Waals surface area contributed by atoms with Crippen LogP contribution in [0, 0.1) is 19.5 Å². The molecule has 0 saturated heterocycles. The highest BCUT2D eigenvalue weighted by molar-refractivity contribution is 14.1. The number of nitrogens with zero attached hydrogens (tertiary/aromatic N) is 1. The van der Waals surface area contributed by atoms with Crippen molar-refractivity contribution in [2.45, 2.75) is 19.9 Å². The highest BCUT2D eigenvalue weighted by Gasteiger charge is 2.17. The van der Waals surface area contributed by atoms with Gasteiger partial charge in [-0.1, -0.05) is 6.92 Å². The van der Waals surface area contributed by atoms with Crippen LogP contribution in [0.3, 0.4) is 0 Å². The lowest BCUT2D eigenvalue weighted by Gasteiger charge is -2.07. The largest absolute Gasteiger partial charge is 0.375 e. The van der Waals surface area contributed by atoms with Crippen molar-refractivity contribution in [3.05, 3.63) is 53.5 Å². The fourth-order valence-electron chi connectivity index (χ4n) is 1.72. The van der Waals surface area contributed by atoms with Crippen molar-refractivity contribution in [2.24, 2.45) is 0 Å². The fourth-order valence-corrected chi connectivity index (χ4v) is 3.07. The molecule has 1 aromatic carbocycles. The van der Waals surface area contributed by atoms with Crippen molar-refractivity contribution in [3.8, 4) is 0 Å². The van der Waals surface area contributed by atoms with Gasteiger partial charge >= 0.3 is 0 Å². The number of benzene rings is 1. The number of thiophene rings is 1. The molecule has 7 heteroatoms. The van der Waals surface area contributed by atoms with Gasteiger partial charge < -0.3 is 5.32 Å². The molecule has 1 N–H and O–H groups in total. The second-order valence-corrected chi connectivity index (χ2v) is 6.53. The van der Waals surface area contributed by atoms with E-state index in [2.05, 4.69) is 12.2 Å². The van der Waals surface area contributed by atoms with Gasteiger partial charge in [0.1, 0.15) is 11.5 Å². The molecule has 0 aliphatic heterocycles. The third-order valence-electron chi connectivity index (χ3n) is 2.75. The third-order valence-corrected chi connectivity index (χ3v) is 4.81. The lowest BCUT2D eigenvalue weighted by Crippen LogP contribution is -2.03. The van der Waals surface area contributed by atoms with E-state index in [0.717, 1.165) is 11.3 Å². The Morgan fingerprint density at radius 3 is 2.70 bits per heavy atom. The Morgan fingerprint density at radius 2 is 2.10 bits per heavy atom. The summed E-state index contributed by atoms with van der Waals surface area (Å²) in [7, 11) is 0. The normalized spacial score (nSPS) is 10.6. The predicted octanol–water partition coefficient (Wildman–Crippen LogP) is 4.57. The van der Waals surface area contributed by atoms with Crippen LogP contribution >= 0.6 is 33.9 Å². The first-order chi connectivity index (χ1) is 9.51. The van der Waals surface area contributed by atoms with Crippen LogP contribution in [0.1, 0.15) is 16.7 Å². The Balaban J connectivity index is 2.20. The van der Waals surface area contributed by atoms with Gasteiger partial charge in [-0.15, -0.1) is 11.3 Å². The number of rotatable bonds is 5. The maximum atomic E-state index is 13.5. The summed E-state index contributed by atoms with van der Waals surface area (Å²) in [6, 6.07) is 6.42. The van der Waals surface area contributed by atoms with Crippen molar-refractivity contribution in [2.75, 3.05) is 5.32 Å². The van der Waals surface area contributed by atoms with Crippen LogP contribution in [0.25, 0.3) is 0 Å². The van der Waals surface area contributed by atoms with Gasteiger partial charge in [0, 0.05) is 28.4 Å². The third kappa shape index (κ3) is 3.45. The van der Waals surface area contributed by atoms with Crippen molar-refractivity contribution in [1.29, 1.82) is 0 Å². The van der Waals surface area contributed by atoms with E-state index in [-0.39, 0.29) is 14.9 Å². The van der Waals surface area contributed by atoms with Crippen LogP contribution in [0.15, 0.2) is 24.3 Å². The van der Waals surface area contributed by atoms with E-state index >= 15 is 0 Å². The highest BCUT2D eigenvalue weighted by Crippen LogP contribution is 2.29. The Labute approximate surface area is 133 Å². The first-order valence-corrected chi connectivity index (χ1v) is 7.85. The van der Waals surface area contributed by atoms with Crippen LogP contribution in [-0.4, -0.2) is 4.92 Å². The smallest absolute Gasteiger partial charge is 0.293 e. The molecule has 0 unspecified atom stereocenters. The van der Waals surface area contributed by atoms with Crippen molar-refractivity contribution >= 4 is 45.3 Å². The fraction of sp³-hybridized carbons (Fsp3) is 0.231. The van der Waals surface area contributed by atoms with Crippen LogP contribution in [0.4, 0.5) is 15.8 Å². The molecule has 0 spiro atoms. The number of anilines is 1. The number of aryl methyl sites for hydroxylation is 1. The van der Waals surface area contributed by atoms with Gasteiger partial charge in [0.2, 0.25) is 0 Å². The van der Waals surface area contributed by atoms with E-state index in [1.165, 1.54) is 17.0 Å². The minimum absolute atomic E-state index is 0.108. The molecule has 20 heavy (non-hydrogen) atoms. The van der Waals surface area contributed by atoms with Crippen LogP contribution in [-0.2, 0) is 13.0 Å². The summed E-state index contributed by atoms with van der Waals surface area (Å²) in [6.45, 7) is 2.52. The summed E-state index contributed by atoms with van der Waals surface area (Å²) in [6.07, 6.45) is 0.961. The van der Waals surface area contributed by atoms with Crippen molar-refractivity contribution < 1.29 is 9.31 Å². The number of hydrogen-bond donors (Lipinski definition) is 1. The molecule has 2 rings (SSSR count). The van der Waals surface area contributed by atoms with E-state index < -0.39 is 10.7 Å². The van der Waals surface area contributed by atoms with Crippen LogP contribution < -0.4 is 5.32 Å². The Hall–Kier alpha value is -1.22. The van der Waals surface area contributed by atoms with Gasteiger partial charge in [-0.2, -0.15) is 0 Å². The van der Waals surface area contributed by atoms with Gasteiger partial charge in [0.05, 0.1) is 8.49 Å². The molecule has 2 aromatic rings. The van der Waals surface area contributed by atoms with E-state index in [9.17, 15) is 14.5 Å². The Bertz CT molecular complexity index is 645. The second kappa shape index (κ2) is 6.49. The molecule has 0 aliphatic rings. The molecule has 106 valence electrons. The summed E-state index contributed by atoms with van der Waals surface area (Å²) < 4.78 is 13.8. The standard InChI is InChI=1S/C13H12FIN2O2S/c1-2-8-3-4-9(20-8)7-16-12-5-10(14)11(15)6-13(12)17(18)19/h3-6,16H,2,7H2,1H3. The molecule has 0 bridgehead atoms. The summed E-state index contributed by atoms with van der Waals surface area (Å²) >= 11 is 3.39. The van der Waals surface area contributed by atoms with E-state index in [1.807, 2.05) is 12.1 Å². The van der Waals surface area contributed by atoms with Crippen molar-refractivity contribution in [1.82, 2.24) is 0 Å². The average Bonchev–Trinajstić information content (AvgIpc) is 2.87. The first-order valence-electron chi connectivity index (χ1n) is 5.96. The molecule has 0 aliphatic carbocycles. The zero-order valence-electron chi connectivity index (χ0n) is 10.7. The number of nitrogens with one attached hydrogen (secondary N) is 1. The molecular weight excluding hydrogens is 394 g/mol. The number of nitro benzene ring substituents is 1. The molecule has 0 fully saturated rings.